The molecule has 31 heavy (non-hydrogen) atoms. The monoisotopic (exact) mass is 438 g/mol. The third-order valence-electron chi connectivity index (χ3n) is 6.84. The maximum Gasteiger partial charge on any atom is 0.309 e. The predicted octanol–water partition coefficient (Wildman–Crippen LogP) is 7.34. The zero-order valence-corrected chi connectivity index (χ0v) is 21.1. The van der Waals surface area contributed by atoms with E-state index >= 15 is 0 Å². The van der Waals surface area contributed by atoms with Gasteiger partial charge in [-0.15, -0.1) is 0 Å². The summed E-state index contributed by atoms with van der Waals surface area (Å²) in [6.07, 6.45) is 13.9. The lowest BCUT2D eigenvalue weighted by Gasteiger charge is -2.33. The van der Waals surface area contributed by atoms with Gasteiger partial charge in [0, 0.05) is 0 Å². The highest BCUT2D eigenvalue weighted by atomic mass is 16.5. The van der Waals surface area contributed by atoms with Crippen LogP contribution in [0.4, 0.5) is 0 Å². The third-order valence-corrected chi connectivity index (χ3v) is 6.84. The molecule has 0 radical (unpaired) electrons. The van der Waals surface area contributed by atoms with Gasteiger partial charge in [-0.3, -0.25) is 9.59 Å². The van der Waals surface area contributed by atoms with Crippen molar-refractivity contribution in [3.8, 4) is 0 Å². The number of carbonyl (C=O) groups is 2. The van der Waals surface area contributed by atoms with Gasteiger partial charge in [0.2, 0.25) is 0 Å². The van der Waals surface area contributed by atoms with Crippen LogP contribution in [-0.2, 0) is 19.1 Å². The Morgan fingerprint density at radius 1 is 0.774 bits per heavy atom. The normalized spacial score (nSPS) is 22.3. The molecule has 0 aromatic rings. The molecule has 0 saturated heterocycles. The molecular weight excluding hydrogens is 388 g/mol. The molecule has 0 spiro atoms. The molecule has 182 valence electrons. The van der Waals surface area contributed by atoms with Crippen LogP contribution in [0.2, 0.25) is 0 Å². The highest BCUT2D eigenvalue weighted by Gasteiger charge is 2.40. The van der Waals surface area contributed by atoms with Crippen molar-refractivity contribution in [2.24, 2.45) is 29.6 Å². The second kappa shape index (κ2) is 16.6. The van der Waals surface area contributed by atoms with Crippen molar-refractivity contribution in [2.75, 3.05) is 13.2 Å². The topological polar surface area (TPSA) is 52.6 Å². The highest BCUT2D eigenvalue weighted by Crippen LogP contribution is 2.38. The number of carbonyl (C=O) groups excluding carboxylic acids is 2. The van der Waals surface area contributed by atoms with Gasteiger partial charge >= 0.3 is 11.9 Å². The summed E-state index contributed by atoms with van der Waals surface area (Å²) >= 11 is 0. The van der Waals surface area contributed by atoms with Crippen LogP contribution in [0.3, 0.4) is 0 Å². The number of hydrogen-bond acceptors (Lipinski definition) is 4. The molecule has 1 saturated carbocycles. The molecule has 4 atom stereocenters. The van der Waals surface area contributed by atoms with Crippen LogP contribution in [0.5, 0.6) is 0 Å². The zero-order valence-electron chi connectivity index (χ0n) is 21.1. The molecule has 1 fully saturated rings. The van der Waals surface area contributed by atoms with Crippen molar-refractivity contribution in [1.29, 1.82) is 0 Å². The van der Waals surface area contributed by atoms with Crippen LogP contribution in [0.15, 0.2) is 0 Å². The number of hydrogen-bond donors (Lipinski definition) is 0. The van der Waals surface area contributed by atoms with E-state index in [-0.39, 0.29) is 23.8 Å². The van der Waals surface area contributed by atoms with Crippen LogP contribution in [0.1, 0.15) is 118 Å². The van der Waals surface area contributed by atoms with Crippen molar-refractivity contribution in [1.82, 2.24) is 0 Å². The van der Waals surface area contributed by atoms with Gasteiger partial charge in [0.15, 0.2) is 0 Å². The van der Waals surface area contributed by atoms with E-state index in [0.717, 1.165) is 63.2 Å². The van der Waals surface area contributed by atoms with Crippen molar-refractivity contribution >= 4 is 11.9 Å². The van der Waals surface area contributed by atoms with Crippen LogP contribution >= 0.6 is 0 Å². The summed E-state index contributed by atoms with van der Waals surface area (Å²) in [5.41, 5.74) is 0. The molecular formula is C27H50O4. The first-order chi connectivity index (χ1) is 14.9. The first kappa shape index (κ1) is 28.0. The summed E-state index contributed by atoms with van der Waals surface area (Å²) in [6, 6.07) is 0. The average molecular weight is 439 g/mol. The van der Waals surface area contributed by atoms with E-state index in [0.29, 0.717) is 19.1 Å². The Labute approximate surface area is 192 Å². The van der Waals surface area contributed by atoms with Crippen molar-refractivity contribution in [2.45, 2.75) is 118 Å². The quantitative estimate of drug-likeness (QED) is 0.187. The fourth-order valence-corrected chi connectivity index (χ4v) is 4.68. The minimum atomic E-state index is -0.326. The maximum atomic E-state index is 12.8. The van der Waals surface area contributed by atoms with Gasteiger partial charge in [0.1, 0.15) is 0 Å². The van der Waals surface area contributed by atoms with Crippen molar-refractivity contribution in [3.05, 3.63) is 0 Å². The zero-order chi connectivity index (χ0) is 23.1. The van der Waals surface area contributed by atoms with Gasteiger partial charge in [-0.1, -0.05) is 86.0 Å². The molecule has 1 aliphatic carbocycles. The predicted molar refractivity (Wildman–Crippen MR) is 128 cm³/mol. The van der Waals surface area contributed by atoms with E-state index in [9.17, 15) is 9.59 Å². The summed E-state index contributed by atoms with van der Waals surface area (Å²) in [5.74, 6) is 1.07. The summed E-state index contributed by atoms with van der Waals surface area (Å²) in [6.45, 7) is 12.1. The molecule has 0 aromatic carbocycles. The second-order valence-electron chi connectivity index (χ2n) is 10.3. The lowest BCUT2D eigenvalue weighted by molar-refractivity contribution is -0.164. The summed E-state index contributed by atoms with van der Waals surface area (Å²) < 4.78 is 11.0. The number of esters is 2. The van der Waals surface area contributed by atoms with Crippen LogP contribution in [-0.4, -0.2) is 25.2 Å². The number of ether oxygens (including phenoxy) is 2. The summed E-state index contributed by atoms with van der Waals surface area (Å²) in [5, 5.41) is 0. The minimum absolute atomic E-state index is 0.183. The molecule has 0 aliphatic heterocycles. The van der Waals surface area contributed by atoms with Gasteiger partial charge < -0.3 is 9.47 Å². The van der Waals surface area contributed by atoms with Gasteiger partial charge in [-0.05, 0) is 49.9 Å². The molecule has 0 heterocycles. The first-order valence-corrected chi connectivity index (χ1v) is 13.2. The van der Waals surface area contributed by atoms with Crippen molar-refractivity contribution in [3.63, 3.8) is 0 Å². The second-order valence-corrected chi connectivity index (χ2v) is 10.3. The summed E-state index contributed by atoms with van der Waals surface area (Å²) in [7, 11) is 0. The maximum absolute atomic E-state index is 12.8. The third kappa shape index (κ3) is 11.9. The highest BCUT2D eigenvalue weighted by molar-refractivity contribution is 5.82. The molecule has 4 nitrogen and oxygen atoms in total. The molecule has 0 aromatic heterocycles. The van der Waals surface area contributed by atoms with E-state index in [1.54, 1.807) is 0 Å². The van der Waals surface area contributed by atoms with E-state index in [1.165, 1.54) is 32.1 Å². The van der Waals surface area contributed by atoms with Crippen molar-refractivity contribution < 1.29 is 19.1 Å². The minimum Gasteiger partial charge on any atom is -0.465 e. The van der Waals surface area contributed by atoms with E-state index in [1.807, 2.05) is 0 Å². The smallest absolute Gasteiger partial charge is 0.309 e. The Morgan fingerprint density at radius 2 is 1.35 bits per heavy atom. The Bertz CT molecular complexity index is 488. The van der Waals surface area contributed by atoms with Gasteiger partial charge in [0.25, 0.3) is 0 Å². The Hall–Kier alpha value is -1.06. The molecule has 1 rings (SSSR count). The molecule has 0 amide bonds. The summed E-state index contributed by atoms with van der Waals surface area (Å²) in [4.78, 5) is 25.4. The van der Waals surface area contributed by atoms with Crippen LogP contribution < -0.4 is 0 Å². The van der Waals surface area contributed by atoms with Gasteiger partial charge in [-0.25, -0.2) is 0 Å². The van der Waals surface area contributed by atoms with Crippen LogP contribution in [0, 0.1) is 29.6 Å². The number of rotatable bonds is 16. The van der Waals surface area contributed by atoms with E-state index in [2.05, 4.69) is 34.6 Å². The lowest BCUT2D eigenvalue weighted by atomic mass is 9.72. The van der Waals surface area contributed by atoms with Crippen LogP contribution in [0.25, 0.3) is 0 Å². The molecule has 1 aliphatic rings. The SMILES string of the molecule is CCCCOC(=O)[C@H]1CCC(CCCC(C)CCCC(C)C)C[C@@H]1C(=O)OCCCC. The van der Waals surface area contributed by atoms with Gasteiger partial charge in [-0.2, -0.15) is 0 Å². The Morgan fingerprint density at radius 3 is 1.94 bits per heavy atom. The largest absolute Gasteiger partial charge is 0.465 e. The molecule has 4 heteroatoms. The number of unbranched alkanes of at least 4 members (excludes halogenated alkanes) is 2. The molecule has 0 bridgehead atoms. The van der Waals surface area contributed by atoms with E-state index in [4.69, 9.17) is 9.47 Å². The average Bonchev–Trinajstić information content (AvgIpc) is 2.73. The Balaban J connectivity index is 2.52. The fraction of sp³-hybridized carbons (Fsp3) is 0.926. The lowest BCUT2D eigenvalue weighted by Crippen LogP contribution is -2.38. The molecule has 2 unspecified atom stereocenters. The van der Waals surface area contributed by atoms with Gasteiger partial charge in [0.05, 0.1) is 25.0 Å². The van der Waals surface area contributed by atoms with E-state index < -0.39 is 0 Å². The Kier molecular flexibility index (Phi) is 14.9. The molecule has 0 N–H and O–H groups in total. The fourth-order valence-electron chi connectivity index (χ4n) is 4.68. The standard InChI is InChI=1S/C27H50O4/c1-6-8-18-30-26(28)24-17-16-23(20-25(24)27(29)31-19-9-7-2)15-11-14-22(5)13-10-12-21(3)4/h21-25H,6-20H2,1-5H3/t22?,23?,24-,25-/m0/s1. The first-order valence-electron chi connectivity index (χ1n) is 13.2.